The smallest absolute Gasteiger partial charge is 0.413 e. The van der Waals surface area contributed by atoms with Crippen molar-refractivity contribution in [1.29, 1.82) is 0 Å². The van der Waals surface area contributed by atoms with Gasteiger partial charge in [-0.2, -0.15) is 0 Å². The summed E-state index contributed by atoms with van der Waals surface area (Å²) >= 11 is 10.2. The van der Waals surface area contributed by atoms with Gasteiger partial charge in [0.2, 0.25) is 0 Å². The zero-order valence-corrected chi connectivity index (χ0v) is 17.4. The summed E-state index contributed by atoms with van der Waals surface area (Å²) < 4.78 is 15.1. The van der Waals surface area contributed by atoms with Crippen LogP contribution in [0.2, 0.25) is 0 Å². The molecule has 0 aliphatic rings. The number of hydrogen-bond donors (Lipinski definition) is 4. The average molecular weight is 430 g/mol. The number of aromatic nitrogens is 1. The van der Waals surface area contributed by atoms with Crippen molar-refractivity contribution in [3.8, 4) is 5.75 Å². The zero-order chi connectivity index (χ0) is 20.9. The predicted molar refractivity (Wildman–Crippen MR) is 113 cm³/mol. The summed E-state index contributed by atoms with van der Waals surface area (Å²) in [7, 11) is 0. The molecular weight excluding hydrogens is 406 g/mol. The van der Waals surface area contributed by atoms with E-state index < -0.39 is 12.2 Å². The van der Waals surface area contributed by atoms with E-state index in [-0.39, 0.29) is 29.3 Å². The largest absolute Gasteiger partial charge is 0.492 e. The molecule has 0 bridgehead atoms. The number of rotatable bonds is 7. The van der Waals surface area contributed by atoms with Gasteiger partial charge < -0.3 is 24.8 Å². The van der Waals surface area contributed by atoms with Crippen molar-refractivity contribution in [3.05, 3.63) is 12.3 Å². The van der Waals surface area contributed by atoms with Crippen LogP contribution >= 0.6 is 24.4 Å². The van der Waals surface area contributed by atoms with Crippen LogP contribution in [0.25, 0.3) is 0 Å². The van der Waals surface area contributed by atoms with Gasteiger partial charge in [0.25, 0.3) is 0 Å². The number of nitrogens with one attached hydrogen (secondary N) is 4. The maximum Gasteiger partial charge on any atom is 0.413 e. The Morgan fingerprint density at radius 1 is 1.00 bits per heavy atom. The first-order valence-electron chi connectivity index (χ1n) is 8.51. The number of thiocarbonyl (C=S) groups is 2. The minimum absolute atomic E-state index is 0.0137. The lowest BCUT2D eigenvalue weighted by Gasteiger charge is -2.16. The SMILES string of the molecule is CCCOc1cnc(NC(=S)NC(=O)OCC)c(NC(=S)NC(=O)OCC)c1. The second-order valence-electron chi connectivity index (χ2n) is 5.01. The average Bonchev–Trinajstić information content (AvgIpc) is 2.61. The molecule has 0 unspecified atom stereocenters. The van der Waals surface area contributed by atoms with Crippen LogP contribution in [0.15, 0.2) is 12.3 Å². The molecular formula is C16H23N5O5S2. The minimum Gasteiger partial charge on any atom is -0.492 e. The van der Waals surface area contributed by atoms with Gasteiger partial charge in [0.05, 0.1) is 31.7 Å². The van der Waals surface area contributed by atoms with E-state index >= 15 is 0 Å². The van der Waals surface area contributed by atoms with Gasteiger partial charge in [0.1, 0.15) is 5.75 Å². The molecule has 0 radical (unpaired) electrons. The Morgan fingerprint density at radius 3 is 2.11 bits per heavy atom. The first kappa shape index (κ1) is 23.3. The summed E-state index contributed by atoms with van der Waals surface area (Å²) in [6, 6.07) is 1.62. The van der Waals surface area contributed by atoms with Gasteiger partial charge >= 0.3 is 12.2 Å². The molecule has 10 nitrogen and oxygen atoms in total. The highest BCUT2D eigenvalue weighted by Gasteiger charge is 2.13. The van der Waals surface area contributed by atoms with Crippen LogP contribution in [0.1, 0.15) is 27.2 Å². The summed E-state index contributed by atoms with van der Waals surface area (Å²) in [4.78, 5) is 27.2. The number of carbonyl (C=O) groups excluding carboxylic acids is 2. The monoisotopic (exact) mass is 429 g/mol. The number of pyridine rings is 1. The van der Waals surface area contributed by atoms with Crippen LogP contribution in [-0.4, -0.2) is 47.2 Å². The van der Waals surface area contributed by atoms with Gasteiger partial charge in [0, 0.05) is 6.07 Å². The molecule has 1 heterocycles. The number of alkyl carbamates (subject to hydrolysis) is 2. The molecule has 28 heavy (non-hydrogen) atoms. The van der Waals surface area contributed by atoms with Crippen molar-refractivity contribution >= 4 is 58.4 Å². The lowest BCUT2D eigenvalue weighted by Crippen LogP contribution is -2.36. The fourth-order valence-electron chi connectivity index (χ4n) is 1.75. The van der Waals surface area contributed by atoms with E-state index in [4.69, 9.17) is 38.6 Å². The molecule has 0 saturated carbocycles. The Hall–Kier alpha value is -2.73. The number of carbonyl (C=O) groups is 2. The zero-order valence-electron chi connectivity index (χ0n) is 15.8. The van der Waals surface area contributed by atoms with Crippen molar-refractivity contribution in [2.75, 3.05) is 30.5 Å². The summed E-state index contributed by atoms with van der Waals surface area (Å²) in [5, 5.41) is 10.2. The molecule has 12 heteroatoms. The number of hydrogen-bond acceptors (Lipinski definition) is 8. The van der Waals surface area contributed by atoms with E-state index in [0.717, 1.165) is 6.42 Å². The lowest BCUT2D eigenvalue weighted by atomic mass is 10.3. The van der Waals surface area contributed by atoms with E-state index in [1.807, 2.05) is 6.92 Å². The molecule has 0 fully saturated rings. The van der Waals surface area contributed by atoms with Crippen LogP contribution in [0, 0.1) is 0 Å². The summed E-state index contributed by atoms with van der Waals surface area (Å²) in [5.41, 5.74) is 0.364. The third kappa shape index (κ3) is 8.77. The number of nitrogens with zero attached hydrogens (tertiary/aromatic N) is 1. The van der Waals surface area contributed by atoms with Crippen molar-refractivity contribution < 1.29 is 23.8 Å². The van der Waals surface area contributed by atoms with Crippen LogP contribution in [0.3, 0.4) is 0 Å². The molecule has 4 N–H and O–H groups in total. The Labute approximate surface area is 173 Å². The van der Waals surface area contributed by atoms with Crippen LogP contribution in [0.4, 0.5) is 21.1 Å². The van der Waals surface area contributed by atoms with Crippen molar-refractivity contribution in [2.45, 2.75) is 27.2 Å². The van der Waals surface area contributed by atoms with Gasteiger partial charge in [0.15, 0.2) is 16.0 Å². The van der Waals surface area contributed by atoms with E-state index in [1.54, 1.807) is 19.9 Å². The Balaban J connectivity index is 2.91. The van der Waals surface area contributed by atoms with Gasteiger partial charge in [-0.25, -0.2) is 14.6 Å². The second kappa shape index (κ2) is 12.6. The Bertz CT molecular complexity index is 717. The van der Waals surface area contributed by atoms with Gasteiger partial charge in [-0.1, -0.05) is 6.92 Å². The topological polar surface area (TPSA) is 123 Å². The van der Waals surface area contributed by atoms with E-state index in [2.05, 4.69) is 26.3 Å². The normalized spacial score (nSPS) is 9.68. The predicted octanol–water partition coefficient (Wildman–Crippen LogP) is 2.76. The van der Waals surface area contributed by atoms with Crippen LogP contribution < -0.4 is 26.0 Å². The highest BCUT2D eigenvalue weighted by molar-refractivity contribution is 7.80. The highest BCUT2D eigenvalue weighted by Crippen LogP contribution is 2.24. The van der Waals surface area contributed by atoms with Crippen LogP contribution in [-0.2, 0) is 9.47 Å². The molecule has 0 saturated heterocycles. The lowest BCUT2D eigenvalue weighted by molar-refractivity contribution is 0.157. The third-order valence-corrected chi connectivity index (χ3v) is 3.21. The minimum atomic E-state index is -0.697. The Kier molecular flexibility index (Phi) is 10.5. The molecule has 154 valence electrons. The van der Waals surface area contributed by atoms with E-state index in [1.165, 1.54) is 6.20 Å². The molecule has 0 aromatic carbocycles. The molecule has 0 atom stereocenters. The van der Waals surface area contributed by atoms with Gasteiger partial charge in [-0.15, -0.1) is 0 Å². The number of anilines is 2. The Morgan fingerprint density at radius 2 is 1.57 bits per heavy atom. The van der Waals surface area contributed by atoms with Gasteiger partial charge in [-0.3, -0.25) is 10.6 Å². The molecule has 2 amide bonds. The molecule has 1 aromatic rings. The first-order chi connectivity index (χ1) is 13.4. The van der Waals surface area contributed by atoms with E-state index in [9.17, 15) is 9.59 Å². The quantitative estimate of drug-likeness (QED) is 0.481. The molecule has 0 spiro atoms. The standard InChI is InChI=1S/C16H23N5O5S2/c1-4-7-26-10-8-11(18-13(27)20-15(22)24-5-2)12(17-9-10)19-14(28)21-16(23)25-6-3/h8-9H,4-7H2,1-3H3,(H2,18,20,22,27)(H2,17,19,21,23,28). The van der Waals surface area contributed by atoms with Crippen molar-refractivity contribution in [2.24, 2.45) is 0 Å². The van der Waals surface area contributed by atoms with Crippen LogP contribution in [0.5, 0.6) is 5.75 Å². The van der Waals surface area contributed by atoms with E-state index in [0.29, 0.717) is 18.0 Å². The first-order valence-corrected chi connectivity index (χ1v) is 9.33. The van der Waals surface area contributed by atoms with Gasteiger partial charge in [-0.05, 0) is 44.7 Å². The number of ether oxygens (including phenoxy) is 3. The molecule has 1 aromatic heterocycles. The maximum absolute atomic E-state index is 11.5. The second-order valence-corrected chi connectivity index (χ2v) is 5.83. The fraction of sp³-hybridized carbons (Fsp3) is 0.438. The summed E-state index contributed by atoms with van der Waals surface area (Å²) in [5.74, 6) is 0.733. The molecule has 1 rings (SSSR count). The highest BCUT2D eigenvalue weighted by atomic mass is 32.1. The van der Waals surface area contributed by atoms with Crippen molar-refractivity contribution in [1.82, 2.24) is 15.6 Å². The maximum atomic E-state index is 11.5. The third-order valence-electron chi connectivity index (χ3n) is 2.80. The summed E-state index contributed by atoms with van der Waals surface area (Å²) in [6.07, 6.45) is 0.911. The summed E-state index contributed by atoms with van der Waals surface area (Å²) in [6.45, 7) is 6.23. The molecule has 0 aliphatic heterocycles. The fourth-order valence-corrected chi connectivity index (χ4v) is 2.12. The molecule has 0 aliphatic carbocycles. The number of amides is 2. The van der Waals surface area contributed by atoms with Crippen molar-refractivity contribution in [3.63, 3.8) is 0 Å².